The molecule has 0 fully saturated rings. The molecule has 0 saturated carbocycles. The van der Waals surface area contributed by atoms with E-state index >= 15 is 0 Å². The Morgan fingerprint density at radius 2 is 2.20 bits per heavy atom. The quantitative estimate of drug-likeness (QED) is 0.542. The first-order valence-electron chi connectivity index (χ1n) is 4.14. The third kappa shape index (κ3) is 3.19. The molecular weight excluding hydrogens is 204 g/mol. The molecule has 2 rings (SSSR count). The Balaban J connectivity index is 0.000000245. The Morgan fingerprint density at radius 3 is 2.73 bits per heavy atom. The molecule has 0 radical (unpaired) electrons. The van der Waals surface area contributed by atoms with Crippen molar-refractivity contribution in [3.05, 3.63) is 23.5 Å². The zero-order valence-corrected chi connectivity index (χ0v) is 7.97. The van der Waals surface area contributed by atoms with E-state index in [1.807, 2.05) is 0 Å². The topological polar surface area (TPSA) is 93.1 Å². The summed E-state index contributed by atoms with van der Waals surface area (Å²) in [6.07, 6.45) is 1.83. The lowest BCUT2D eigenvalue weighted by Crippen LogP contribution is -2.19. The molecule has 2 aliphatic heterocycles. The molecule has 6 heteroatoms. The molecule has 0 spiro atoms. The highest BCUT2D eigenvalue weighted by Gasteiger charge is 2.28. The van der Waals surface area contributed by atoms with Crippen LogP contribution in [0.5, 0.6) is 0 Å². The molecule has 2 N–H and O–H groups in total. The smallest absolute Gasteiger partial charge is 0.336 e. The van der Waals surface area contributed by atoms with Crippen LogP contribution in [0.25, 0.3) is 0 Å². The summed E-state index contributed by atoms with van der Waals surface area (Å²) in [4.78, 5) is 19.6. The van der Waals surface area contributed by atoms with Gasteiger partial charge in [-0.25, -0.2) is 4.79 Å². The van der Waals surface area contributed by atoms with Crippen molar-refractivity contribution in [3.8, 4) is 0 Å². The van der Waals surface area contributed by atoms with Gasteiger partial charge in [0.15, 0.2) is 6.29 Å². The summed E-state index contributed by atoms with van der Waals surface area (Å²) in [7, 11) is 0. The van der Waals surface area contributed by atoms with Crippen molar-refractivity contribution in [2.24, 2.45) is 0 Å². The monoisotopic (exact) mass is 214 g/mol. The van der Waals surface area contributed by atoms with E-state index in [0.717, 1.165) is 6.92 Å². The first-order chi connectivity index (χ1) is 7.00. The molecule has 6 nitrogen and oxygen atoms in total. The highest BCUT2D eigenvalue weighted by molar-refractivity contribution is 5.88. The molecule has 82 valence electrons. The summed E-state index contributed by atoms with van der Waals surface area (Å²) < 4.78 is 9.54. The Bertz CT molecular complexity index is 337. The largest absolute Gasteiger partial charge is 0.481 e. The van der Waals surface area contributed by atoms with Gasteiger partial charge in [0.2, 0.25) is 0 Å². The van der Waals surface area contributed by atoms with Crippen molar-refractivity contribution in [2.75, 3.05) is 6.61 Å². The standard InChI is InChI=1S/C7H6O4.C2H4O2/c8-6-3-4-5(11-6)1-2-10-7(4)9;1-2(3)4/h1,3,7,9H,2H2;1H3,(H,3,4). The van der Waals surface area contributed by atoms with Gasteiger partial charge in [0.1, 0.15) is 5.76 Å². The number of aliphatic hydroxyl groups is 1. The Hall–Kier alpha value is -1.66. The molecule has 1 unspecified atom stereocenters. The molecule has 0 saturated heterocycles. The third-order valence-corrected chi connectivity index (χ3v) is 1.56. The molecule has 15 heavy (non-hydrogen) atoms. The number of carbonyl (C=O) groups excluding carboxylic acids is 1. The summed E-state index contributed by atoms with van der Waals surface area (Å²) in [5.41, 5.74) is 0.418. The van der Waals surface area contributed by atoms with Gasteiger partial charge in [-0.05, 0) is 6.08 Å². The fraction of sp³-hybridized carbons (Fsp3) is 0.333. The number of carboxylic acid groups (broad SMARTS) is 1. The van der Waals surface area contributed by atoms with E-state index < -0.39 is 18.2 Å². The molecular formula is C9H10O6. The van der Waals surface area contributed by atoms with E-state index in [2.05, 4.69) is 0 Å². The number of carboxylic acids is 1. The summed E-state index contributed by atoms with van der Waals surface area (Å²) >= 11 is 0. The Labute approximate surface area is 85.4 Å². The first-order valence-corrected chi connectivity index (χ1v) is 4.14. The van der Waals surface area contributed by atoms with Crippen LogP contribution in [0.1, 0.15) is 6.92 Å². The molecule has 0 aromatic heterocycles. The van der Waals surface area contributed by atoms with Crippen LogP contribution in [0.4, 0.5) is 0 Å². The summed E-state index contributed by atoms with van der Waals surface area (Å²) in [5, 5.41) is 16.6. The van der Waals surface area contributed by atoms with E-state index in [-0.39, 0.29) is 6.61 Å². The summed E-state index contributed by atoms with van der Waals surface area (Å²) in [6, 6.07) is 0. The van der Waals surface area contributed by atoms with Gasteiger partial charge in [0, 0.05) is 13.0 Å². The molecule has 0 aromatic carbocycles. The maximum atomic E-state index is 10.6. The van der Waals surface area contributed by atoms with Crippen molar-refractivity contribution >= 4 is 11.9 Å². The molecule has 0 amide bonds. The lowest BCUT2D eigenvalue weighted by molar-refractivity contribution is -0.134. The van der Waals surface area contributed by atoms with E-state index in [1.54, 1.807) is 6.08 Å². The molecule has 2 heterocycles. The van der Waals surface area contributed by atoms with Crippen LogP contribution in [0.15, 0.2) is 23.5 Å². The number of fused-ring (bicyclic) bond motifs is 1. The van der Waals surface area contributed by atoms with E-state index in [9.17, 15) is 4.79 Å². The highest BCUT2D eigenvalue weighted by atomic mass is 16.6. The maximum absolute atomic E-state index is 10.6. The van der Waals surface area contributed by atoms with Crippen molar-refractivity contribution in [2.45, 2.75) is 13.2 Å². The molecule has 2 aliphatic rings. The zero-order valence-electron chi connectivity index (χ0n) is 7.97. The van der Waals surface area contributed by atoms with Crippen molar-refractivity contribution in [3.63, 3.8) is 0 Å². The molecule has 1 atom stereocenters. The zero-order chi connectivity index (χ0) is 11.4. The first kappa shape index (κ1) is 11.4. The number of carbonyl (C=O) groups is 2. The predicted octanol–water partition coefficient (Wildman–Crippen LogP) is -0.207. The van der Waals surface area contributed by atoms with Gasteiger partial charge in [-0.2, -0.15) is 0 Å². The highest BCUT2D eigenvalue weighted by Crippen LogP contribution is 2.26. The number of hydrogen-bond acceptors (Lipinski definition) is 5. The lowest BCUT2D eigenvalue weighted by Gasteiger charge is -2.16. The van der Waals surface area contributed by atoms with Gasteiger partial charge in [0.05, 0.1) is 12.2 Å². The second-order valence-corrected chi connectivity index (χ2v) is 2.79. The van der Waals surface area contributed by atoms with E-state index in [0.29, 0.717) is 11.3 Å². The van der Waals surface area contributed by atoms with E-state index in [1.165, 1.54) is 6.08 Å². The van der Waals surface area contributed by atoms with Crippen molar-refractivity contribution in [1.82, 2.24) is 0 Å². The third-order valence-electron chi connectivity index (χ3n) is 1.56. The van der Waals surface area contributed by atoms with Crippen LogP contribution in [0.2, 0.25) is 0 Å². The van der Waals surface area contributed by atoms with Crippen LogP contribution in [0, 0.1) is 0 Å². The van der Waals surface area contributed by atoms with Gasteiger partial charge in [-0.1, -0.05) is 0 Å². The Kier molecular flexibility index (Phi) is 3.59. The number of hydrogen-bond donors (Lipinski definition) is 2. The fourth-order valence-corrected chi connectivity index (χ4v) is 1.05. The number of aliphatic hydroxyl groups excluding tert-OH is 1. The average Bonchev–Trinajstić information content (AvgIpc) is 2.46. The number of rotatable bonds is 0. The fourth-order valence-electron chi connectivity index (χ4n) is 1.05. The van der Waals surface area contributed by atoms with E-state index in [4.69, 9.17) is 24.5 Å². The molecule has 0 bridgehead atoms. The Morgan fingerprint density at radius 1 is 1.60 bits per heavy atom. The van der Waals surface area contributed by atoms with Crippen LogP contribution >= 0.6 is 0 Å². The van der Waals surface area contributed by atoms with Gasteiger partial charge >= 0.3 is 5.97 Å². The normalized spacial score (nSPS) is 22.8. The lowest BCUT2D eigenvalue weighted by atomic mass is 10.2. The minimum absolute atomic E-state index is 0.279. The van der Waals surface area contributed by atoms with Gasteiger partial charge in [-0.15, -0.1) is 0 Å². The molecule has 0 aliphatic carbocycles. The van der Waals surface area contributed by atoms with Crippen LogP contribution in [-0.4, -0.2) is 35.0 Å². The van der Waals surface area contributed by atoms with Crippen LogP contribution in [0.3, 0.4) is 0 Å². The van der Waals surface area contributed by atoms with Gasteiger partial charge in [0.25, 0.3) is 5.97 Å². The van der Waals surface area contributed by atoms with Crippen LogP contribution in [-0.2, 0) is 19.1 Å². The van der Waals surface area contributed by atoms with Crippen molar-refractivity contribution in [1.29, 1.82) is 0 Å². The number of ether oxygens (including phenoxy) is 2. The minimum Gasteiger partial charge on any atom is -0.481 e. The summed E-state index contributed by atoms with van der Waals surface area (Å²) in [5.74, 6) is -0.857. The molecule has 0 aromatic rings. The SMILES string of the molecule is CC(=O)O.O=C1C=C2C(=CCOC2O)O1. The summed E-state index contributed by atoms with van der Waals surface area (Å²) in [6.45, 7) is 1.36. The van der Waals surface area contributed by atoms with Crippen molar-refractivity contribution < 1.29 is 29.3 Å². The second kappa shape index (κ2) is 4.72. The minimum atomic E-state index is -1.01. The van der Waals surface area contributed by atoms with Gasteiger partial charge < -0.3 is 19.7 Å². The number of esters is 1. The second-order valence-electron chi connectivity index (χ2n) is 2.79. The predicted molar refractivity (Wildman–Crippen MR) is 47.5 cm³/mol. The maximum Gasteiger partial charge on any atom is 0.336 e. The van der Waals surface area contributed by atoms with Gasteiger partial charge in [-0.3, -0.25) is 4.79 Å². The van der Waals surface area contributed by atoms with Crippen LogP contribution < -0.4 is 0 Å². The average molecular weight is 214 g/mol. The number of aliphatic carboxylic acids is 1.